The van der Waals surface area contributed by atoms with E-state index in [2.05, 4.69) is 6.58 Å². The van der Waals surface area contributed by atoms with E-state index in [4.69, 9.17) is 4.55 Å². The molecule has 0 unspecified atom stereocenters. The van der Waals surface area contributed by atoms with E-state index in [0.717, 1.165) is 6.08 Å². The summed E-state index contributed by atoms with van der Waals surface area (Å²) in [6.45, 7) is -0.560. The first-order valence-corrected chi connectivity index (χ1v) is 3.88. The van der Waals surface area contributed by atoms with Gasteiger partial charge in [0, 0.05) is 19.5 Å². The van der Waals surface area contributed by atoms with Gasteiger partial charge in [-0.1, -0.05) is 6.08 Å². The van der Waals surface area contributed by atoms with Crippen molar-refractivity contribution in [1.29, 1.82) is 0 Å². The predicted molar refractivity (Wildman–Crippen MR) is 33.7 cm³/mol. The van der Waals surface area contributed by atoms with Crippen LogP contribution >= 0.6 is 0 Å². The number of alkyl halides is 3. The summed E-state index contributed by atoms with van der Waals surface area (Å²) in [6.07, 6.45) is 1.12. The van der Waals surface area contributed by atoms with E-state index in [1.165, 1.54) is 0 Å². The number of rotatable bonds is 2. The van der Waals surface area contributed by atoms with Gasteiger partial charge in [-0.2, -0.15) is 21.6 Å². The normalized spacial score (nSPS) is 9.42. The van der Waals surface area contributed by atoms with Crippen LogP contribution in [0.2, 0.25) is 0 Å². The molecular weight excluding hydrogens is 250 g/mol. The number of hydrogen-bond donors (Lipinski definition) is 1. The third-order valence-electron chi connectivity index (χ3n) is 0.328. The molecule has 0 rings (SSSR count). The molecule has 0 bridgehead atoms. The van der Waals surface area contributed by atoms with Crippen molar-refractivity contribution in [2.75, 3.05) is 5.75 Å². The molecule has 0 aliphatic rings. The maximum Gasteiger partial charge on any atom is 0.379 e. The molecule has 0 saturated heterocycles. The summed E-state index contributed by atoms with van der Waals surface area (Å²) in [5.74, 6) is -0.368. The van der Waals surface area contributed by atoms with Gasteiger partial charge < -0.3 is 0 Å². The molecule has 0 aliphatic heterocycles. The van der Waals surface area contributed by atoms with Crippen LogP contribution in [-0.2, 0) is 29.6 Å². The van der Waals surface area contributed by atoms with Crippen LogP contribution in [0.4, 0.5) is 13.2 Å². The maximum atomic E-state index is 9.72. The second kappa shape index (κ2) is 9.15. The Kier molecular flexibility index (Phi) is 13.7. The van der Waals surface area contributed by atoms with Crippen molar-refractivity contribution in [2.24, 2.45) is 0 Å². The smallest absolute Gasteiger partial charge is 0.285 e. The standard InChI is InChI=1S/C3H6O3S.CHF3.Zn/c1-2-3-7(4,5)6;2-1(3)4;/h2H,1,3H2,(H,4,5,6);1H;. The fourth-order valence-corrected chi connectivity index (χ4v) is 0.447. The van der Waals surface area contributed by atoms with Crippen molar-refractivity contribution in [3.63, 3.8) is 0 Å². The van der Waals surface area contributed by atoms with E-state index >= 15 is 0 Å². The Balaban J connectivity index is -0.000000142. The van der Waals surface area contributed by atoms with Crippen LogP contribution in [0.3, 0.4) is 0 Å². The average Bonchev–Trinajstić information content (AvgIpc) is 1.58. The minimum atomic E-state index is -3.79. The summed E-state index contributed by atoms with van der Waals surface area (Å²) in [5, 5.41) is 0. The molecule has 3 nitrogen and oxygen atoms in total. The third kappa shape index (κ3) is 50.1. The number of halogens is 3. The molecule has 0 aliphatic carbocycles. The van der Waals surface area contributed by atoms with Crippen LogP contribution in [-0.4, -0.2) is 25.4 Å². The Morgan fingerprint density at radius 2 is 1.67 bits per heavy atom. The van der Waals surface area contributed by atoms with Crippen molar-refractivity contribution in [1.82, 2.24) is 0 Å². The quantitative estimate of drug-likeness (QED) is 0.460. The zero-order chi connectivity index (χ0) is 9.49. The Bertz CT molecular complexity index is 189. The SMILES string of the molecule is C=CCS(=O)(=O)O.FC(F)F.[Zn]. The molecule has 0 aromatic heterocycles. The van der Waals surface area contributed by atoms with Gasteiger partial charge in [-0.25, -0.2) is 0 Å². The molecule has 0 amide bonds. The summed E-state index contributed by atoms with van der Waals surface area (Å²) in [6, 6.07) is 0. The molecule has 0 radical (unpaired) electrons. The molecule has 1 N–H and O–H groups in total. The fraction of sp³-hybridized carbons (Fsp3) is 0.500. The van der Waals surface area contributed by atoms with E-state index in [-0.39, 0.29) is 25.2 Å². The molecule has 0 spiro atoms. The Labute approximate surface area is 81.2 Å². The maximum absolute atomic E-state index is 9.72. The van der Waals surface area contributed by atoms with E-state index in [1.54, 1.807) is 0 Å². The van der Waals surface area contributed by atoms with Crippen LogP contribution in [0.25, 0.3) is 0 Å². The van der Waals surface area contributed by atoms with Crippen molar-refractivity contribution >= 4 is 10.1 Å². The van der Waals surface area contributed by atoms with E-state index in [9.17, 15) is 21.6 Å². The van der Waals surface area contributed by atoms with Gasteiger partial charge in [0.15, 0.2) is 0 Å². The van der Waals surface area contributed by atoms with Crippen molar-refractivity contribution in [3.8, 4) is 0 Å². The van der Waals surface area contributed by atoms with E-state index < -0.39 is 16.8 Å². The summed E-state index contributed by atoms with van der Waals surface area (Å²) < 4.78 is 56.3. The summed E-state index contributed by atoms with van der Waals surface area (Å²) in [7, 11) is -3.79. The molecule has 0 heterocycles. The van der Waals surface area contributed by atoms with Crippen LogP contribution in [0.15, 0.2) is 12.7 Å². The topological polar surface area (TPSA) is 54.4 Å². The van der Waals surface area contributed by atoms with Gasteiger partial charge in [0.25, 0.3) is 10.1 Å². The zero-order valence-electron chi connectivity index (χ0n) is 6.08. The Hall–Kier alpha value is 0.0634. The minimum Gasteiger partial charge on any atom is -0.285 e. The Morgan fingerprint density at radius 3 is 1.67 bits per heavy atom. The largest absolute Gasteiger partial charge is 0.379 e. The summed E-state index contributed by atoms with van der Waals surface area (Å²) in [4.78, 5) is 0. The zero-order valence-corrected chi connectivity index (χ0v) is 9.87. The molecule has 70 valence electrons. The van der Waals surface area contributed by atoms with Crippen LogP contribution < -0.4 is 0 Å². The van der Waals surface area contributed by atoms with E-state index in [0.29, 0.717) is 0 Å². The second-order valence-electron chi connectivity index (χ2n) is 1.28. The molecule has 0 fully saturated rings. The molecular formula is C4H7F3O3SZn. The van der Waals surface area contributed by atoms with Crippen molar-refractivity contribution < 1.29 is 45.6 Å². The molecule has 0 atom stereocenters. The van der Waals surface area contributed by atoms with Crippen LogP contribution in [0, 0.1) is 0 Å². The first kappa shape index (κ1) is 18.0. The molecule has 12 heavy (non-hydrogen) atoms. The first-order chi connectivity index (χ1) is 4.79. The van der Waals surface area contributed by atoms with Crippen LogP contribution in [0.5, 0.6) is 0 Å². The summed E-state index contributed by atoms with van der Waals surface area (Å²) in [5.41, 5.74) is 0. The second-order valence-corrected chi connectivity index (χ2v) is 2.78. The van der Waals surface area contributed by atoms with Crippen molar-refractivity contribution in [3.05, 3.63) is 12.7 Å². The van der Waals surface area contributed by atoms with Gasteiger partial charge in [0.05, 0.1) is 5.75 Å². The fourth-order valence-electron chi connectivity index (χ4n) is 0.149. The molecule has 8 heteroatoms. The first-order valence-electron chi connectivity index (χ1n) is 2.28. The van der Waals surface area contributed by atoms with Crippen LogP contribution in [0.1, 0.15) is 0 Å². The average molecular weight is 258 g/mol. The van der Waals surface area contributed by atoms with Gasteiger partial charge in [-0.05, 0) is 0 Å². The molecule has 0 saturated carbocycles. The number of hydrogen-bond acceptors (Lipinski definition) is 2. The van der Waals surface area contributed by atoms with Gasteiger partial charge in [0.1, 0.15) is 0 Å². The third-order valence-corrected chi connectivity index (χ3v) is 0.985. The van der Waals surface area contributed by atoms with E-state index in [1.807, 2.05) is 0 Å². The van der Waals surface area contributed by atoms with Crippen molar-refractivity contribution in [2.45, 2.75) is 6.68 Å². The monoisotopic (exact) mass is 256 g/mol. The molecule has 0 aromatic rings. The van der Waals surface area contributed by atoms with Gasteiger partial charge in [0.2, 0.25) is 0 Å². The van der Waals surface area contributed by atoms with Gasteiger partial charge in [-0.3, -0.25) is 4.55 Å². The molecule has 0 aromatic carbocycles. The summed E-state index contributed by atoms with van der Waals surface area (Å²) >= 11 is 0. The predicted octanol–water partition coefficient (Wildman–Crippen LogP) is 1.24. The minimum absolute atomic E-state index is 0. The Morgan fingerprint density at radius 1 is 1.42 bits per heavy atom. The van der Waals surface area contributed by atoms with Gasteiger partial charge >= 0.3 is 6.68 Å². The van der Waals surface area contributed by atoms with Gasteiger partial charge in [-0.15, -0.1) is 6.58 Å².